The van der Waals surface area contributed by atoms with Crippen LogP contribution in [-0.4, -0.2) is 23.7 Å². The zero-order chi connectivity index (χ0) is 15.3. The van der Waals surface area contributed by atoms with Crippen molar-refractivity contribution in [3.63, 3.8) is 0 Å². The van der Waals surface area contributed by atoms with Crippen LogP contribution in [0.25, 0.3) is 0 Å². The van der Waals surface area contributed by atoms with Gasteiger partial charge in [0, 0.05) is 5.69 Å². The number of benzene rings is 1. The number of alkyl halides is 1. The number of rotatable bonds is 4. The second-order valence-electron chi connectivity index (χ2n) is 3.77. The zero-order valence-electron chi connectivity index (χ0n) is 10.4. The second-order valence-corrected chi connectivity index (χ2v) is 4.85. The number of amides is 2. The van der Waals surface area contributed by atoms with Crippen LogP contribution >= 0.6 is 34.8 Å². The fourth-order valence-electron chi connectivity index (χ4n) is 1.56. The molecule has 1 atom stereocenters. The predicted octanol–water partition coefficient (Wildman–Crippen LogP) is 2.55. The number of hydrogen-bond acceptors (Lipinski definition) is 3. The van der Waals surface area contributed by atoms with Crippen LogP contribution in [-0.2, 0) is 9.59 Å². The highest BCUT2D eigenvalue weighted by Gasteiger charge is 2.27. The van der Waals surface area contributed by atoms with Gasteiger partial charge in [0.1, 0.15) is 11.9 Å². The van der Waals surface area contributed by atoms with Crippen molar-refractivity contribution < 1.29 is 9.59 Å². The molecule has 1 aromatic carbocycles. The molecule has 106 valence electrons. The number of halogens is 3. The van der Waals surface area contributed by atoms with Crippen molar-refractivity contribution in [2.75, 3.05) is 10.8 Å². The molecule has 5 nitrogen and oxygen atoms in total. The molecule has 1 rings (SSSR count). The highest BCUT2D eigenvalue weighted by Crippen LogP contribution is 2.28. The molecule has 0 heterocycles. The van der Waals surface area contributed by atoms with Gasteiger partial charge in [0.2, 0.25) is 5.91 Å². The Labute approximate surface area is 131 Å². The molecule has 0 bridgehead atoms. The summed E-state index contributed by atoms with van der Waals surface area (Å²) in [6, 6.07) is 3.57. The summed E-state index contributed by atoms with van der Waals surface area (Å²) < 4.78 is 0. The summed E-state index contributed by atoms with van der Waals surface area (Å²) in [5, 5.41) is 11.0. The smallest absolute Gasteiger partial charge is 0.255 e. The molecule has 0 aliphatic heterocycles. The number of nitrogens with zero attached hydrogens (tertiary/aromatic N) is 2. The molecule has 0 saturated heterocycles. The SMILES string of the molecule is CC(C(=O)NC#N)N(C(=O)CCl)c1ccc(Cl)c(Cl)c1. The van der Waals surface area contributed by atoms with Crippen molar-refractivity contribution >= 4 is 52.3 Å². The summed E-state index contributed by atoms with van der Waals surface area (Å²) >= 11 is 17.2. The van der Waals surface area contributed by atoms with Crippen LogP contribution in [0.15, 0.2) is 18.2 Å². The third-order valence-electron chi connectivity index (χ3n) is 2.51. The maximum atomic E-state index is 11.9. The molecule has 8 heteroatoms. The van der Waals surface area contributed by atoms with Crippen molar-refractivity contribution in [2.24, 2.45) is 0 Å². The van der Waals surface area contributed by atoms with Gasteiger partial charge in [-0.2, -0.15) is 5.26 Å². The molecule has 1 aromatic rings. The number of anilines is 1. The lowest BCUT2D eigenvalue weighted by molar-refractivity contribution is -0.124. The van der Waals surface area contributed by atoms with Crippen LogP contribution in [0.2, 0.25) is 10.0 Å². The van der Waals surface area contributed by atoms with E-state index in [1.165, 1.54) is 31.3 Å². The summed E-state index contributed by atoms with van der Waals surface area (Å²) in [7, 11) is 0. The van der Waals surface area contributed by atoms with E-state index in [1.54, 1.807) is 0 Å². The van der Waals surface area contributed by atoms with Crippen molar-refractivity contribution in [3.05, 3.63) is 28.2 Å². The minimum atomic E-state index is -0.918. The normalized spacial score (nSPS) is 11.3. The number of nitrogens with one attached hydrogen (secondary N) is 1. The quantitative estimate of drug-likeness (QED) is 0.522. The fraction of sp³-hybridized carbons (Fsp3) is 0.250. The Morgan fingerprint density at radius 3 is 2.55 bits per heavy atom. The van der Waals surface area contributed by atoms with Gasteiger partial charge in [0.05, 0.1) is 10.0 Å². The molecular weight excluding hydrogens is 325 g/mol. The number of carbonyl (C=O) groups excluding carboxylic acids is 2. The Bertz CT molecular complexity index is 572. The third-order valence-corrected chi connectivity index (χ3v) is 3.48. The van der Waals surface area contributed by atoms with Gasteiger partial charge in [-0.05, 0) is 25.1 Å². The van der Waals surface area contributed by atoms with Crippen LogP contribution in [0.4, 0.5) is 5.69 Å². The zero-order valence-corrected chi connectivity index (χ0v) is 12.6. The highest BCUT2D eigenvalue weighted by atomic mass is 35.5. The third kappa shape index (κ3) is 3.76. The highest BCUT2D eigenvalue weighted by molar-refractivity contribution is 6.42. The minimum Gasteiger partial charge on any atom is -0.299 e. The summed E-state index contributed by atoms with van der Waals surface area (Å²) in [4.78, 5) is 24.8. The molecule has 0 spiro atoms. The average Bonchev–Trinajstić information content (AvgIpc) is 2.42. The van der Waals surface area contributed by atoms with E-state index in [-0.39, 0.29) is 10.9 Å². The monoisotopic (exact) mass is 333 g/mol. The van der Waals surface area contributed by atoms with Crippen molar-refractivity contribution in [1.29, 1.82) is 5.26 Å². The van der Waals surface area contributed by atoms with Crippen LogP contribution in [0.3, 0.4) is 0 Å². The van der Waals surface area contributed by atoms with E-state index < -0.39 is 17.9 Å². The minimum absolute atomic E-state index is 0.240. The van der Waals surface area contributed by atoms with Crippen molar-refractivity contribution in [3.8, 4) is 6.19 Å². The first kappa shape index (κ1) is 16.6. The molecule has 1 unspecified atom stereocenters. The molecular formula is C12H10Cl3N3O2. The van der Waals surface area contributed by atoms with Gasteiger partial charge in [-0.1, -0.05) is 23.2 Å². The Kier molecular flexibility index (Phi) is 6.08. The largest absolute Gasteiger partial charge is 0.299 e. The van der Waals surface area contributed by atoms with Crippen molar-refractivity contribution in [2.45, 2.75) is 13.0 Å². The van der Waals surface area contributed by atoms with Gasteiger partial charge in [-0.25, -0.2) is 0 Å². The maximum absolute atomic E-state index is 11.9. The molecule has 0 saturated carbocycles. The molecule has 0 aliphatic rings. The number of carbonyl (C=O) groups is 2. The lowest BCUT2D eigenvalue weighted by Crippen LogP contribution is -2.47. The first-order valence-electron chi connectivity index (χ1n) is 5.44. The van der Waals surface area contributed by atoms with E-state index in [9.17, 15) is 9.59 Å². The Morgan fingerprint density at radius 2 is 2.05 bits per heavy atom. The fourth-order valence-corrected chi connectivity index (χ4v) is 1.98. The van der Waals surface area contributed by atoms with E-state index in [1.807, 2.05) is 5.32 Å². The van der Waals surface area contributed by atoms with E-state index in [0.717, 1.165) is 4.90 Å². The van der Waals surface area contributed by atoms with Gasteiger partial charge in [-0.3, -0.25) is 19.8 Å². The second kappa shape index (κ2) is 7.34. The molecule has 0 radical (unpaired) electrons. The van der Waals surface area contributed by atoms with Gasteiger partial charge in [-0.15, -0.1) is 11.6 Å². The molecule has 0 aliphatic carbocycles. The first-order chi connectivity index (χ1) is 9.42. The van der Waals surface area contributed by atoms with Crippen LogP contribution in [0.1, 0.15) is 6.92 Å². The van der Waals surface area contributed by atoms with E-state index in [2.05, 4.69) is 0 Å². The van der Waals surface area contributed by atoms with E-state index >= 15 is 0 Å². The number of nitriles is 1. The molecule has 1 N–H and O–H groups in total. The summed E-state index contributed by atoms with van der Waals surface area (Å²) in [5.74, 6) is -1.44. The summed E-state index contributed by atoms with van der Waals surface area (Å²) in [6.07, 6.45) is 1.51. The maximum Gasteiger partial charge on any atom is 0.255 e. The van der Waals surface area contributed by atoms with Crippen LogP contribution < -0.4 is 10.2 Å². The molecule has 2 amide bonds. The lowest BCUT2D eigenvalue weighted by Gasteiger charge is -2.27. The van der Waals surface area contributed by atoms with Gasteiger partial charge in [0.25, 0.3) is 5.91 Å². The lowest BCUT2D eigenvalue weighted by atomic mass is 10.2. The Hall–Kier alpha value is -1.48. The van der Waals surface area contributed by atoms with Crippen LogP contribution in [0, 0.1) is 11.5 Å². The summed E-state index contributed by atoms with van der Waals surface area (Å²) in [5.41, 5.74) is 0.366. The topological polar surface area (TPSA) is 73.2 Å². The molecule has 0 fully saturated rings. The van der Waals surface area contributed by atoms with Gasteiger partial charge >= 0.3 is 0 Å². The molecule has 0 aromatic heterocycles. The average molecular weight is 335 g/mol. The summed E-state index contributed by atoms with van der Waals surface area (Å²) in [6.45, 7) is 1.47. The van der Waals surface area contributed by atoms with Gasteiger partial charge in [0.15, 0.2) is 6.19 Å². The first-order valence-corrected chi connectivity index (χ1v) is 6.73. The Morgan fingerprint density at radius 1 is 1.40 bits per heavy atom. The number of hydrogen-bond donors (Lipinski definition) is 1. The van der Waals surface area contributed by atoms with Gasteiger partial charge < -0.3 is 0 Å². The standard InChI is InChI=1S/C12H10Cl3N3O2/c1-7(12(20)17-6-16)18(11(19)5-13)8-2-3-9(14)10(15)4-8/h2-4,7H,5H2,1H3,(H,17,20). The Balaban J connectivity index is 3.19. The van der Waals surface area contributed by atoms with E-state index in [4.69, 9.17) is 40.1 Å². The van der Waals surface area contributed by atoms with E-state index in [0.29, 0.717) is 10.7 Å². The van der Waals surface area contributed by atoms with Crippen LogP contribution in [0.5, 0.6) is 0 Å². The van der Waals surface area contributed by atoms with Crippen molar-refractivity contribution in [1.82, 2.24) is 5.32 Å². The predicted molar refractivity (Wildman–Crippen MR) is 77.9 cm³/mol. The molecule has 20 heavy (non-hydrogen) atoms.